The van der Waals surface area contributed by atoms with Gasteiger partial charge in [0.15, 0.2) is 5.96 Å². The molecule has 0 fully saturated rings. The van der Waals surface area contributed by atoms with Gasteiger partial charge in [-0.25, -0.2) is 4.98 Å². The van der Waals surface area contributed by atoms with Crippen LogP contribution in [0.1, 0.15) is 25.8 Å². The van der Waals surface area contributed by atoms with Gasteiger partial charge in [0.05, 0.1) is 6.61 Å². The average molecular weight is 250 g/mol. The van der Waals surface area contributed by atoms with Gasteiger partial charge in [0.1, 0.15) is 0 Å². The number of nitrogens with one attached hydrogen (secondary N) is 2. The summed E-state index contributed by atoms with van der Waals surface area (Å²) in [6.45, 7) is 6.32. The topological polar surface area (TPSA) is 58.5 Å². The van der Waals surface area contributed by atoms with Gasteiger partial charge in [0.25, 0.3) is 0 Å². The monoisotopic (exact) mass is 250 g/mol. The van der Waals surface area contributed by atoms with Crippen LogP contribution in [0.15, 0.2) is 23.3 Å². The summed E-state index contributed by atoms with van der Waals surface area (Å²) in [5.74, 6) is 1.47. The highest BCUT2D eigenvalue weighted by atomic mass is 16.5. The van der Waals surface area contributed by atoms with Crippen LogP contribution >= 0.6 is 0 Å². The van der Waals surface area contributed by atoms with Crippen LogP contribution in [-0.4, -0.2) is 31.1 Å². The summed E-state index contributed by atoms with van der Waals surface area (Å²) >= 11 is 0. The van der Waals surface area contributed by atoms with Gasteiger partial charge < -0.3 is 15.4 Å². The number of pyridine rings is 1. The lowest BCUT2D eigenvalue weighted by atomic mass is 10.2. The van der Waals surface area contributed by atoms with E-state index in [1.807, 2.05) is 19.1 Å². The molecule has 1 aromatic rings. The third-order valence-corrected chi connectivity index (χ3v) is 2.32. The zero-order valence-corrected chi connectivity index (χ0v) is 11.4. The highest BCUT2D eigenvalue weighted by Crippen LogP contribution is 2.08. The summed E-state index contributed by atoms with van der Waals surface area (Å²) in [6.07, 6.45) is 2.83. The molecule has 1 heterocycles. The summed E-state index contributed by atoms with van der Waals surface area (Å²) in [6, 6.07) is 3.90. The maximum Gasteiger partial charge on any atom is 0.213 e. The zero-order chi connectivity index (χ0) is 13.2. The molecule has 0 bridgehead atoms. The van der Waals surface area contributed by atoms with Crippen LogP contribution < -0.4 is 15.4 Å². The van der Waals surface area contributed by atoms with Crippen LogP contribution in [-0.2, 0) is 6.54 Å². The normalized spacial score (nSPS) is 11.2. The average Bonchev–Trinajstić information content (AvgIpc) is 2.40. The minimum absolute atomic E-state index is 0.629. The van der Waals surface area contributed by atoms with Gasteiger partial charge in [-0.1, -0.05) is 6.92 Å². The molecule has 0 unspecified atom stereocenters. The molecule has 0 aromatic carbocycles. The first-order valence-corrected chi connectivity index (χ1v) is 6.32. The lowest BCUT2D eigenvalue weighted by molar-refractivity contribution is 0.326. The van der Waals surface area contributed by atoms with Gasteiger partial charge in [0, 0.05) is 32.4 Å². The minimum atomic E-state index is 0.629. The molecule has 0 aliphatic rings. The lowest BCUT2D eigenvalue weighted by Crippen LogP contribution is -2.37. The Hall–Kier alpha value is -1.78. The van der Waals surface area contributed by atoms with E-state index in [0.29, 0.717) is 19.0 Å². The fourth-order valence-corrected chi connectivity index (χ4v) is 1.44. The molecule has 1 aromatic heterocycles. The highest BCUT2D eigenvalue weighted by Gasteiger charge is 2.00. The molecule has 5 heteroatoms. The van der Waals surface area contributed by atoms with Crippen molar-refractivity contribution in [2.24, 2.45) is 4.99 Å². The molecule has 0 saturated heterocycles. The zero-order valence-electron chi connectivity index (χ0n) is 11.4. The Labute approximate surface area is 109 Å². The number of ether oxygens (including phenoxy) is 1. The van der Waals surface area contributed by atoms with Crippen molar-refractivity contribution in [1.82, 2.24) is 15.6 Å². The second kappa shape index (κ2) is 8.33. The summed E-state index contributed by atoms with van der Waals surface area (Å²) < 4.78 is 5.36. The van der Waals surface area contributed by atoms with Gasteiger partial charge in [-0.3, -0.25) is 4.99 Å². The number of aliphatic imine (C=N–C) groups is 1. The second-order valence-electron chi connectivity index (χ2n) is 3.79. The molecule has 0 aliphatic carbocycles. The van der Waals surface area contributed by atoms with E-state index in [1.165, 1.54) is 0 Å². The maximum absolute atomic E-state index is 5.36. The van der Waals surface area contributed by atoms with Gasteiger partial charge in [-0.05, 0) is 25.0 Å². The van der Waals surface area contributed by atoms with Crippen LogP contribution in [0.2, 0.25) is 0 Å². The molecule has 2 N–H and O–H groups in total. The van der Waals surface area contributed by atoms with Gasteiger partial charge in [-0.15, -0.1) is 0 Å². The van der Waals surface area contributed by atoms with E-state index in [9.17, 15) is 0 Å². The highest BCUT2D eigenvalue weighted by molar-refractivity contribution is 5.79. The fraction of sp³-hybridized carbons (Fsp3) is 0.538. The minimum Gasteiger partial charge on any atom is -0.478 e. The first-order valence-electron chi connectivity index (χ1n) is 6.32. The Morgan fingerprint density at radius 3 is 2.89 bits per heavy atom. The van der Waals surface area contributed by atoms with E-state index in [1.54, 1.807) is 13.2 Å². The summed E-state index contributed by atoms with van der Waals surface area (Å²) in [7, 11) is 1.77. The Morgan fingerprint density at radius 1 is 1.39 bits per heavy atom. The fourth-order valence-electron chi connectivity index (χ4n) is 1.44. The standard InChI is InChI=1S/C13H22N4O/c1-4-7-16-13(14-3)17-10-11-6-8-15-12(9-11)18-5-2/h6,8-9H,4-5,7,10H2,1-3H3,(H2,14,16,17). The first-order chi connectivity index (χ1) is 8.80. The molecular weight excluding hydrogens is 228 g/mol. The Balaban J connectivity index is 2.49. The number of hydrogen-bond donors (Lipinski definition) is 2. The molecular formula is C13H22N4O. The smallest absolute Gasteiger partial charge is 0.213 e. The van der Waals surface area contributed by atoms with Crippen LogP contribution in [0, 0.1) is 0 Å². The van der Waals surface area contributed by atoms with Crippen LogP contribution in [0.5, 0.6) is 5.88 Å². The third kappa shape index (κ3) is 5.03. The number of guanidine groups is 1. The van der Waals surface area contributed by atoms with Gasteiger partial charge in [0.2, 0.25) is 5.88 Å². The Bertz CT molecular complexity index is 379. The van der Waals surface area contributed by atoms with Crippen molar-refractivity contribution in [3.63, 3.8) is 0 Å². The molecule has 5 nitrogen and oxygen atoms in total. The number of nitrogens with zero attached hydrogens (tertiary/aromatic N) is 2. The van der Waals surface area contributed by atoms with Crippen molar-refractivity contribution in [1.29, 1.82) is 0 Å². The van der Waals surface area contributed by atoms with Crippen LogP contribution in [0.25, 0.3) is 0 Å². The molecule has 0 aliphatic heterocycles. The maximum atomic E-state index is 5.36. The molecule has 0 atom stereocenters. The number of hydrogen-bond acceptors (Lipinski definition) is 3. The predicted molar refractivity (Wildman–Crippen MR) is 73.9 cm³/mol. The molecule has 0 radical (unpaired) electrons. The third-order valence-electron chi connectivity index (χ3n) is 2.32. The second-order valence-corrected chi connectivity index (χ2v) is 3.79. The summed E-state index contributed by atoms with van der Waals surface area (Å²) in [5, 5.41) is 6.47. The Kier molecular flexibility index (Phi) is 6.61. The molecule has 0 spiro atoms. The van der Waals surface area contributed by atoms with Crippen molar-refractivity contribution in [2.45, 2.75) is 26.8 Å². The molecule has 18 heavy (non-hydrogen) atoms. The summed E-state index contributed by atoms with van der Waals surface area (Å²) in [4.78, 5) is 8.28. The lowest BCUT2D eigenvalue weighted by Gasteiger charge is -2.11. The van der Waals surface area contributed by atoms with Crippen LogP contribution in [0.3, 0.4) is 0 Å². The number of aromatic nitrogens is 1. The largest absolute Gasteiger partial charge is 0.478 e. The van der Waals surface area contributed by atoms with E-state index >= 15 is 0 Å². The van der Waals surface area contributed by atoms with Crippen molar-refractivity contribution in [2.75, 3.05) is 20.2 Å². The van der Waals surface area contributed by atoms with Crippen molar-refractivity contribution >= 4 is 5.96 Å². The Morgan fingerprint density at radius 2 is 2.22 bits per heavy atom. The van der Waals surface area contributed by atoms with Gasteiger partial charge >= 0.3 is 0 Å². The van der Waals surface area contributed by atoms with E-state index in [2.05, 4.69) is 27.5 Å². The van der Waals surface area contributed by atoms with Crippen molar-refractivity contribution in [3.8, 4) is 5.88 Å². The van der Waals surface area contributed by atoms with E-state index in [4.69, 9.17) is 4.74 Å². The van der Waals surface area contributed by atoms with Crippen LogP contribution in [0.4, 0.5) is 0 Å². The van der Waals surface area contributed by atoms with E-state index in [-0.39, 0.29) is 0 Å². The van der Waals surface area contributed by atoms with Gasteiger partial charge in [-0.2, -0.15) is 0 Å². The van der Waals surface area contributed by atoms with E-state index in [0.717, 1.165) is 24.5 Å². The molecule has 0 amide bonds. The molecule has 1 rings (SSSR count). The predicted octanol–water partition coefficient (Wildman–Crippen LogP) is 1.56. The summed E-state index contributed by atoms with van der Waals surface area (Å²) in [5.41, 5.74) is 1.12. The SMILES string of the molecule is CCCNC(=NC)NCc1ccnc(OCC)c1. The first kappa shape index (κ1) is 14.3. The quantitative estimate of drug-likeness (QED) is 0.594. The van der Waals surface area contributed by atoms with Crippen molar-refractivity contribution in [3.05, 3.63) is 23.9 Å². The van der Waals surface area contributed by atoms with Crippen molar-refractivity contribution < 1.29 is 4.74 Å². The number of rotatable bonds is 6. The molecule has 0 saturated carbocycles. The molecule has 100 valence electrons. The van der Waals surface area contributed by atoms with E-state index < -0.39 is 0 Å².